The van der Waals surface area contributed by atoms with Gasteiger partial charge in [-0.2, -0.15) is 0 Å². The summed E-state index contributed by atoms with van der Waals surface area (Å²) >= 11 is 12.5. The third kappa shape index (κ3) is 8.22. The second-order valence-corrected chi connectivity index (χ2v) is 13.4. The zero-order valence-electron chi connectivity index (χ0n) is 23.3. The largest absolute Gasteiger partial charge is 0.357 e. The fourth-order valence-electron chi connectivity index (χ4n) is 4.30. The molecule has 3 aromatic rings. The molecule has 214 valence electrons. The number of halogens is 2. The molecule has 7 nitrogen and oxygen atoms in total. The molecule has 0 spiro atoms. The number of sulfonamides is 1. The highest BCUT2D eigenvalue weighted by Gasteiger charge is 2.33. The first-order valence-electron chi connectivity index (χ1n) is 12.8. The van der Waals surface area contributed by atoms with E-state index in [-0.39, 0.29) is 24.3 Å². The third-order valence-electron chi connectivity index (χ3n) is 6.57. The lowest BCUT2D eigenvalue weighted by atomic mass is 9.87. The van der Waals surface area contributed by atoms with Crippen LogP contribution in [0.1, 0.15) is 37.5 Å². The van der Waals surface area contributed by atoms with Crippen LogP contribution in [-0.2, 0) is 38.0 Å². The van der Waals surface area contributed by atoms with Gasteiger partial charge in [0.25, 0.3) is 0 Å². The molecule has 0 heterocycles. The number of nitrogens with zero attached hydrogens (tertiary/aromatic N) is 2. The van der Waals surface area contributed by atoms with Crippen LogP contribution in [0.15, 0.2) is 72.8 Å². The Balaban J connectivity index is 2.04. The highest BCUT2D eigenvalue weighted by molar-refractivity contribution is 7.92. The van der Waals surface area contributed by atoms with Crippen molar-refractivity contribution in [2.24, 2.45) is 0 Å². The molecule has 0 saturated carbocycles. The normalized spacial score (nSPS) is 12.5. The molecule has 10 heteroatoms. The first-order valence-corrected chi connectivity index (χ1v) is 15.4. The Kier molecular flexibility index (Phi) is 10.3. The topological polar surface area (TPSA) is 86.8 Å². The van der Waals surface area contributed by atoms with Gasteiger partial charge in [0.1, 0.15) is 12.6 Å². The SMILES string of the molecule is CNC(=O)[C@H](Cc1ccccc1)N(Cc1ccc(Cl)cc1Cl)C(=O)CN(c1ccc(C(C)(C)C)cc1)S(C)(=O)=O. The summed E-state index contributed by atoms with van der Waals surface area (Å²) in [6, 6.07) is 20.4. The molecule has 2 amide bonds. The number of likely N-dealkylation sites (N-methyl/N-ethyl adjacent to an activating group) is 1. The minimum absolute atomic E-state index is 0.0275. The van der Waals surface area contributed by atoms with Crippen LogP contribution >= 0.6 is 23.2 Å². The molecule has 40 heavy (non-hydrogen) atoms. The summed E-state index contributed by atoms with van der Waals surface area (Å²) < 4.78 is 26.9. The summed E-state index contributed by atoms with van der Waals surface area (Å²) in [5, 5.41) is 3.41. The summed E-state index contributed by atoms with van der Waals surface area (Å²) in [5.41, 5.74) is 2.66. The first kappa shape index (κ1) is 31.5. The summed E-state index contributed by atoms with van der Waals surface area (Å²) in [5.74, 6) is -0.941. The van der Waals surface area contributed by atoms with Gasteiger partial charge in [-0.25, -0.2) is 8.42 Å². The maximum absolute atomic E-state index is 14.0. The molecular weight excluding hydrogens is 569 g/mol. The van der Waals surface area contributed by atoms with E-state index in [0.717, 1.165) is 21.7 Å². The Morgan fingerprint density at radius 2 is 1.57 bits per heavy atom. The molecule has 1 N–H and O–H groups in total. The molecule has 0 saturated heterocycles. The van der Waals surface area contributed by atoms with Crippen molar-refractivity contribution in [1.29, 1.82) is 0 Å². The molecule has 0 fully saturated rings. The Morgan fingerprint density at radius 3 is 2.10 bits per heavy atom. The monoisotopic (exact) mass is 603 g/mol. The van der Waals surface area contributed by atoms with Crippen LogP contribution in [0.25, 0.3) is 0 Å². The van der Waals surface area contributed by atoms with Crippen molar-refractivity contribution in [3.05, 3.63) is 99.5 Å². The van der Waals surface area contributed by atoms with Crippen LogP contribution in [0.4, 0.5) is 5.69 Å². The predicted octanol–water partition coefficient (Wildman–Crippen LogP) is 5.44. The minimum Gasteiger partial charge on any atom is -0.357 e. The van der Waals surface area contributed by atoms with E-state index in [0.29, 0.717) is 21.3 Å². The van der Waals surface area contributed by atoms with Crippen LogP contribution < -0.4 is 9.62 Å². The van der Waals surface area contributed by atoms with Gasteiger partial charge in [-0.15, -0.1) is 0 Å². The molecule has 1 atom stereocenters. The Morgan fingerprint density at radius 1 is 0.950 bits per heavy atom. The van der Waals surface area contributed by atoms with Gasteiger partial charge in [0.05, 0.1) is 11.9 Å². The van der Waals surface area contributed by atoms with E-state index < -0.39 is 28.5 Å². The Hall–Kier alpha value is -3.07. The van der Waals surface area contributed by atoms with Gasteiger partial charge < -0.3 is 10.2 Å². The summed E-state index contributed by atoms with van der Waals surface area (Å²) in [4.78, 5) is 28.6. The minimum atomic E-state index is -3.85. The van der Waals surface area contributed by atoms with Crippen molar-refractivity contribution in [3.63, 3.8) is 0 Å². The van der Waals surface area contributed by atoms with Crippen molar-refractivity contribution < 1.29 is 18.0 Å². The van der Waals surface area contributed by atoms with E-state index >= 15 is 0 Å². The van der Waals surface area contributed by atoms with Crippen LogP contribution in [0.5, 0.6) is 0 Å². The van der Waals surface area contributed by atoms with Gasteiger partial charge in [0.2, 0.25) is 21.8 Å². The zero-order chi connectivity index (χ0) is 29.7. The van der Waals surface area contributed by atoms with Crippen molar-refractivity contribution in [2.45, 2.75) is 45.2 Å². The van der Waals surface area contributed by atoms with E-state index in [9.17, 15) is 18.0 Å². The number of carbonyl (C=O) groups excluding carboxylic acids is 2. The second kappa shape index (κ2) is 13.1. The molecule has 0 aliphatic rings. The molecule has 0 radical (unpaired) electrons. The average molecular weight is 605 g/mol. The van der Waals surface area contributed by atoms with Crippen molar-refractivity contribution in [2.75, 3.05) is 24.2 Å². The quantitative estimate of drug-likeness (QED) is 0.334. The number of benzene rings is 3. The number of hydrogen-bond acceptors (Lipinski definition) is 4. The summed E-state index contributed by atoms with van der Waals surface area (Å²) in [6.07, 6.45) is 1.27. The molecule has 3 rings (SSSR count). The van der Waals surface area contributed by atoms with Crippen LogP contribution in [-0.4, -0.2) is 51.0 Å². The molecular formula is C30H35Cl2N3O4S. The van der Waals surface area contributed by atoms with Crippen molar-refractivity contribution in [1.82, 2.24) is 10.2 Å². The lowest BCUT2D eigenvalue weighted by molar-refractivity contribution is -0.139. The maximum atomic E-state index is 14.0. The standard InChI is InChI=1S/C30H35Cl2N3O4S/c1-30(2,3)23-12-15-25(16-13-23)35(40(5,38)39)20-28(36)34(19-22-11-14-24(31)18-26(22)32)27(29(37)33-4)17-21-9-7-6-8-10-21/h6-16,18,27H,17,19-20H2,1-5H3,(H,33,37)/t27-/m0/s1. The van der Waals surface area contributed by atoms with Crippen molar-refractivity contribution in [3.8, 4) is 0 Å². The van der Waals surface area contributed by atoms with Gasteiger partial charge in [-0.3, -0.25) is 13.9 Å². The van der Waals surface area contributed by atoms with Crippen molar-refractivity contribution >= 4 is 50.7 Å². The van der Waals surface area contributed by atoms with E-state index in [1.807, 2.05) is 42.5 Å². The van der Waals surface area contributed by atoms with Gasteiger partial charge in [-0.1, -0.05) is 92.5 Å². The number of nitrogens with one attached hydrogen (secondary N) is 1. The molecule has 0 aliphatic carbocycles. The number of carbonyl (C=O) groups is 2. The number of anilines is 1. The predicted molar refractivity (Wildman–Crippen MR) is 162 cm³/mol. The average Bonchev–Trinajstić information content (AvgIpc) is 2.89. The molecule has 0 aromatic heterocycles. The first-order chi connectivity index (χ1) is 18.7. The van der Waals surface area contributed by atoms with E-state index in [4.69, 9.17) is 23.2 Å². The molecule has 3 aromatic carbocycles. The molecule has 0 unspecified atom stereocenters. The van der Waals surface area contributed by atoms with E-state index in [1.54, 1.807) is 30.3 Å². The third-order valence-corrected chi connectivity index (χ3v) is 8.30. The summed E-state index contributed by atoms with van der Waals surface area (Å²) in [6.45, 7) is 5.66. The Labute approximate surface area is 247 Å². The zero-order valence-corrected chi connectivity index (χ0v) is 25.6. The lowest BCUT2D eigenvalue weighted by Crippen LogP contribution is -2.52. The molecule has 0 bridgehead atoms. The van der Waals surface area contributed by atoms with Crippen LogP contribution in [0, 0.1) is 0 Å². The fourth-order valence-corrected chi connectivity index (χ4v) is 5.61. The van der Waals surface area contributed by atoms with Crippen LogP contribution in [0.2, 0.25) is 10.0 Å². The Bertz CT molecular complexity index is 1440. The van der Waals surface area contributed by atoms with Gasteiger partial charge in [0.15, 0.2) is 0 Å². The van der Waals surface area contributed by atoms with Gasteiger partial charge in [0, 0.05) is 30.1 Å². The number of rotatable bonds is 10. The summed E-state index contributed by atoms with van der Waals surface area (Å²) in [7, 11) is -2.35. The highest BCUT2D eigenvalue weighted by Crippen LogP contribution is 2.27. The maximum Gasteiger partial charge on any atom is 0.244 e. The molecule has 0 aliphatic heterocycles. The number of amides is 2. The number of hydrogen-bond donors (Lipinski definition) is 1. The highest BCUT2D eigenvalue weighted by atomic mass is 35.5. The van der Waals surface area contributed by atoms with E-state index in [2.05, 4.69) is 26.1 Å². The second-order valence-electron chi connectivity index (χ2n) is 10.6. The van der Waals surface area contributed by atoms with Gasteiger partial charge in [-0.05, 0) is 46.4 Å². The van der Waals surface area contributed by atoms with Gasteiger partial charge >= 0.3 is 0 Å². The van der Waals surface area contributed by atoms with E-state index in [1.165, 1.54) is 11.9 Å². The fraction of sp³-hybridized carbons (Fsp3) is 0.333. The lowest BCUT2D eigenvalue weighted by Gasteiger charge is -2.33. The smallest absolute Gasteiger partial charge is 0.244 e. The van der Waals surface area contributed by atoms with Crippen LogP contribution in [0.3, 0.4) is 0 Å².